The van der Waals surface area contributed by atoms with Gasteiger partial charge in [0, 0.05) is 20.1 Å². The number of allylic oxidation sites excluding steroid dienone is 1. The van der Waals surface area contributed by atoms with Crippen molar-refractivity contribution < 1.29 is 4.79 Å². The summed E-state index contributed by atoms with van der Waals surface area (Å²) < 4.78 is 3.37. The van der Waals surface area contributed by atoms with Crippen LogP contribution in [-0.4, -0.2) is 42.8 Å². The number of amides is 1. The van der Waals surface area contributed by atoms with Crippen LogP contribution < -0.4 is 5.56 Å². The lowest BCUT2D eigenvalue weighted by Gasteiger charge is -2.17. The summed E-state index contributed by atoms with van der Waals surface area (Å²) in [7, 11) is 1.79. The molecule has 152 valence electrons. The number of hydrogen-bond acceptors (Lipinski definition) is 5. The van der Waals surface area contributed by atoms with Crippen molar-refractivity contribution in [3.8, 4) is 0 Å². The molecule has 0 N–H and O–H groups in total. The number of para-hydroxylation sites is 1. The number of carbonyl (C=O) groups is 1. The maximum atomic E-state index is 12.8. The van der Waals surface area contributed by atoms with Crippen molar-refractivity contribution in [1.82, 2.24) is 24.1 Å². The normalized spacial score (nSPS) is 11.1. The molecule has 2 heterocycles. The van der Waals surface area contributed by atoms with E-state index in [1.54, 1.807) is 24.1 Å². The van der Waals surface area contributed by atoms with Gasteiger partial charge in [-0.15, -0.1) is 16.8 Å². The zero-order valence-electron chi connectivity index (χ0n) is 16.6. The fourth-order valence-corrected chi connectivity index (χ4v) is 4.18. The molecule has 0 atom stereocenters. The van der Waals surface area contributed by atoms with E-state index < -0.39 is 0 Å². The average Bonchev–Trinajstić information content (AvgIpc) is 3.19. The molecule has 4 aromatic rings. The van der Waals surface area contributed by atoms with Gasteiger partial charge in [-0.2, -0.15) is 0 Å². The minimum Gasteiger partial charge on any atom is -0.341 e. The average molecular weight is 420 g/mol. The predicted octanol–water partition coefficient (Wildman–Crippen LogP) is 2.98. The highest BCUT2D eigenvalue weighted by Gasteiger charge is 2.18. The van der Waals surface area contributed by atoms with Crippen LogP contribution in [0.25, 0.3) is 16.7 Å². The SMILES string of the molecule is C=CCn1c(=O)c2ccccc2n2c(SCC(=O)N(C)Cc3ccccc3)nnc12. The van der Waals surface area contributed by atoms with E-state index in [0.717, 1.165) is 11.1 Å². The Kier molecular flexibility index (Phi) is 5.67. The van der Waals surface area contributed by atoms with Crippen LogP contribution in [-0.2, 0) is 17.9 Å². The van der Waals surface area contributed by atoms with Gasteiger partial charge < -0.3 is 4.90 Å². The Labute approximate surface area is 177 Å². The summed E-state index contributed by atoms with van der Waals surface area (Å²) in [6.45, 7) is 4.60. The second kappa shape index (κ2) is 8.54. The molecule has 0 bridgehead atoms. The largest absolute Gasteiger partial charge is 0.341 e. The predicted molar refractivity (Wildman–Crippen MR) is 119 cm³/mol. The van der Waals surface area contributed by atoms with Gasteiger partial charge in [0.15, 0.2) is 5.16 Å². The molecular formula is C22H21N5O2S. The van der Waals surface area contributed by atoms with Crippen LogP contribution in [0.3, 0.4) is 0 Å². The maximum absolute atomic E-state index is 12.8. The molecule has 0 saturated carbocycles. The molecule has 30 heavy (non-hydrogen) atoms. The monoisotopic (exact) mass is 419 g/mol. The Morgan fingerprint density at radius 3 is 2.63 bits per heavy atom. The van der Waals surface area contributed by atoms with Gasteiger partial charge in [-0.1, -0.05) is 60.3 Å². The zero-order chi connectivity index (χ0) is 21.1. The molecule has 2 aromatic heterocycles. The van der Waals surface area contributed by atoms with Crippen molar-refractivity contribution in [2.24, 2.45) is 0 Å². The number of fused-ring (bicyclic) bond motifs is 3. The first-order chi connectivity index (χ1) is 14.6. The molecule has 0 fully saturated rings. The minimum absolute atomic E-state index is 0.00989. The number of rotatable bonds is 7. The van der Waals surface area contributed by atoms with E-state index in [9.17, 15) is 9.59 Å². The highest BCUT2D eigenvalue weighted by atomic mass is 32.2. The summed E-state index contributed by atoms with van der Waals surface area (Å²) in [5.41, 5.74) is 1.65. The van der Waals surface area contributed by atoms with Crippen LogP contribution in [0.5, 0.6) is 0 Å². The molecule has 0 spiro atoms. The molecule has 7 nitrogen and oxygen atoms in total. The summed E-state index contributed by atoms with van der Waals surface area (Å²) in [6, 6.07) is 17.2. The third-order valence-corrected chi connectivity index (χ3v) is 5.72. The van der Waals surface area contributed by atoms with E-state index >= 15 is 0 Å². The Bertz CT molecular complexity index is 1280. The molecular weight excluding hydrogens is 398 g/mol. The second-order valence-electron chi connectivity index (χ2n) is 6.86. The van der Waals surface area contributed by atoms with E-state index in [-0.39, 0.29) is 17.2 Å². The topological polar surface area (TPSA) is 72.5 Å². The van der Waals surface area contributed by atoms with Crippen LogP contribution in [0.2, 0.25) is 0 Å². The minimum atomic E-state index is -0.138. The zero-order valence-corrected chi connectivity index (χ0v) is 17.4. The van der Waals surface area contributed by atoms with Crippen molar-refractivity contribution in [3.05, 3.63) is 83.2 Å². The van der Waals surface area contributed by atoms with Crippen LogP contribution in [0.1, 0.15) is 5.56 Å². The number of thioether (sulfide) groups is 1. The van der Waals surface area contributed by atoms with E-state index in [1.807, 2.05) is 52.9 Å². The molecule has 0 aliphatic rings. The Hall–Kier alpha value is -3.39. The van der Waals surface area contributed by atoms with Gasteiger partial charge in [0.25, 0.3) is 5.56 Å². The molecule has 0 aliphatic carbocycles. The standard InChI is InChI=1S/C22H21N5O2S/c1-3-13-26-20(29)17-11-7-8-12-18(17)27-21(26)23-24-22(27)30-15-19(28)25(2)14-16-9-5-4-6-10-16/h3-12H,1,13-15H2,2H3. The number of carbonyl (C=O) groups excluding carboxylic acids is 1. The van der Waals surface area contributed by atoms with E-state index in [1.165, 1.54) is 16.3 Å². The molecule has 2 aromatic carbocycles. The van der Waals surface area contributed by atoms with Crippen molar-refractivity contribution in [2.75, 3.05) is 12.8 Å². The van der Waals surface area contributed by atoms with Crippen molar-refractivity contribution in [1.29, 1.82) is 0 Å². The van der Waals surface area contributed by atoms with E-state index in [2.05, 4.69) is 16.8 Å². The molecule has 4 rings (SSSR count). The van der Waals surface area contributed by atoms with Crippen molar-refractivity contribution >= 4 is 34.3 Å². The van der Waals surface area contributed by atoms with Gasteiger partial charge in [-0.3, -0.25) is 18.6 Å². The molecule has 0 unspecified atom stereocenters. The van der Waals surface area contributed by atoms with Crippen LogP contribution >= 0.6 is 11.8 Å². The smallest absolute Gasteiger partial charge is 0.263 e. The molecule has 0 saturated heterocycles. The maximum Gasteiger partial charge on any atom is 0.263 e. The molecule has 0 aliphatic heterocycles. The number of hydrogen-bond donors (Lipinski definition) is 0. The quantitative estimate of drug-likeness (QED) is 0.340. The van der Waals surface area contributed by atoms with Crippen LogP contribution in [0.15, 0.2) is 77.2 Å². The number of nitrogens with zero attached hydrogens (tertiary/aromatic N) is 5. The van der Waals surface area contributed by atoms with Gasteiger partial charge in [0.1, 0.15) is 0 Å². The first kappa shape index (κ1) is 19.9. The Balaban J connectivity index is 1.63. The third kappa shape index (κ3) is 3.73. The fourth-order valence-electron chi connectivity index (χ4n) is 3.30. The van der Waals surface area contributed by atoms with Crippen LogP contribution in [0, 0.1) is 0 Å². The molecule has 8 heteroatoms. The number of aromatic nitrogens is 4. The van der Waals surface area contributed by atoms with Gasteiger partial charge in [0.2, 0.25) is 11.7 Å². The lowest BCUT2D eigenvalue weighted by molar-refractivity contribution is -0.127. The molecule has 0 radical (unpaired) electrons. The Morgan fingerprint density at radius 1 is 1.13 bits per heavy atom. The summed E-state index contributed by atoms with van der Waals surface area (Å²) >= 11 is 1.31. The van der Waals surface area contributed by atoms with E-state index in [4.69, 9.17) is 0 Å². The second-order valence-corrected chi connectivity index (χ2v) is 7.81. The highest BCUT2D eigenvalue weighted by Crippen LogP contribution is 2.22. The lowest BCUT2D eigenvalue weighted by atomic mass is 10.2. The van der Waals surface area contributed by atoms with Gasteiger partial charge in [0.05, 0.1) is 16.7 Å². The number of benzene rings is 2. The van der Waals surface area contributed by atoms with Gasteiger partial charge in [-0.05, 0) is 17.7 Å². The van der Waals surface area contributed by atoms with Crippen LogP contribution in [0.4, 0.5) is 0 Å². The first-order valence-corrected chi connectivity index (χ1v) is 10.5. The van der Waals surface area contributed by atoms with Crippen molar-refractivity contribution in [3.63, 3.8) is 0 Å². The summed E-state index contributed by atoms with van der Waals surface area (Å²) in [5, 5.41) is 9.62. The summed E-state index contributed by atoms with van der Waals surface area (Å²) in [6.07, 6.45) is 1.65. The third-order valence-electron chi connectivity index (χ3n) is 4.80. The summed E-state index contributed by atoms with van der Waals surface area (Å²) in [5.74, 6) is 0.648. The fraction of sp³-hybridized carbons (Fsp3) is 0.182. The molecule has 1 amide bonds. The lowest BCUT2D eigenvalue weighted by Crippen LogP contribution is -2.27. The summed E-state index contributed by atoms with van der Waals surface area (Å²) in [4.78, 5) is 27.2. The van der Waals surface area contributed by atoms with Crippen molar-refractivity contribution in [2.45, 2.75) is 18.2 Å². The highest BCUT2D eigenvalue weighted by molar-refractivity contribution is 7.99. The van der Waals surface area contributed by atoms with E-state index in [0.29, 0.717) is 29.4 Å². The first-order valence-electron chi connectivity index (χ1n) is 9.48. The van der Waals surface area contributed by atoms with Gasteiger partial charge >= 0.3 is 0 Å². The van der Waals surface area contributed by atoms with Gasteiger partial charge in [-0.25, -0.2) is 0 Å². The Morgan fingerprint density at radius 2 is 1.87 bits per heavy atom.